The molecule has 0 saturated carbocycles. The van der Waals surface area contributed by atoms with Crippen molar-refractivity contribution >= 4 is 44.7 Å². The number of nitrogens with one attached hydrogen (secondary N) is 1. The highest BCUT2D eigenvalue weighted by atomic mass is 16.2. The zero-order valence-corrected chi connectivity index (χ0v) is 17.7. The number of anilines is 1. The van der Waals surface area contributed by atoms with E-state index < -0.39 is 11.7 Å². The summed E-state index contributed by atoms with van der Waals surface area (Å²) in [5, 5.41) is 8.94. The van der Waals surface area contributed by atoms with Crippen molar-refractivity contribution in [3.05, 3.63) is 71.3 Å². The summed E-state index contributed by atoms with van der Waals surface area (Å²) in [7, 11) is 1.76. The van der Waals surface area contributed by atoms with E-state index in [0.717, 1.165) is 33.1 Å². The molecule has 0 atom stereocenters. The highest BCUT2D eigenvalue weighted by Crippen LogP contribution is 2.36. The second-order valence-corrected chi connectivity index (χ2v) is 7.71. The standard InChI is InChI=1S/C24H21N5O2/c1-13-20(14(2)28(4)27-13)23(30)24(31)26-21-17-10-6-8-12-19(17)29-15(3)25-18-11-7-5-9-16(18)22(21)29/h5-12H,1-4H3,(H,26,31). The van der Waals surface area contributed by atoms with Gasteiger partial charge in [0.2, 0.25) is 0 Å². The number of rotatable bonds is 3. The van der Waals surface area contributed by atoms with Gasteiger partial charge in [-0.15, -0.1) is 0 Å². The van der Waals surface area contributed by atoms with Crippen molar-refractivity contribution in [1.29, 1.82) is 0 Å². The SMILES string of the molecule is Cc1nn(C)c(C)c1C(=O)C(=O)Nc1c2ccccc2n2c(C)nc3ccccc3c12. The lowest BCUT2D eigenvalue weighted by Crippen LogP contribution is -2.24. The van der Waals surface area contributed by atoms with Crippen molar-refractivity contribution in [2.24, 2.45) is 7.05 Å². The Balaban J connectivity index is 1.74. The summed E-state index contributed by atoms with van der Waals surface area (Å²) in [5.41, 5.74) is 4.73. The molecule has 0 unspecified atom stereocenters. The van der Waals surface area contributed by atoms with Gasteiger partial charge >= 0.3 is 0 Å². The van der Waals surface area contributed by atoms with E-state index in [2.05, 4.69) is 10.4 Å². The predicted molar refractivity (Wildman–Crippen MR) is 121 cm³/mol. The quantitative estimate of drug-likeness (QED) is 0.358. The molecule has 0 aliphatic heterocycles. The molecule has 0 radical (unpaired) electrons. The Labute approximate surface area is 178 Å². The molecule has 7 nitrogen and oxygen atoms in total. The van der Waals surface area contributed by atoms with Crippen LogP contribution in [0.5, 0.6) is 0 Å². The van der Waals surface area contributed by atoms with Gasteiger partial charge in [-0.3, -0.25) is 18.7 Å². The van der Waals surface area contributed by atoms with Gasteiger partial charge in [-0.05, 0) is 32.9 Å². The van der Waals surface area contributed by atoms with Crippen molar-refractivity contribution < 1.29 is 9.59 Å². The number of hydrogen-bond donors (Lipinski definition) is 1. The first kappa shape index (κ1) is 19.0. The molecule has 5 rings (SSSR count). The third-order valence-electron chi connectivity index (χ3n) is 5.82. The fourth-order valence-corrected chi connectivity index (χ4v) is 4.34. The van der Waals surface area contributed by atoms with Crippen LogP contribution >= 0.6 is 0 Å². The summed E-state index contributed by atoms with van der Waals surface area (Å²) in [6.07, 6.45) is 0. The number of fused-ring (bicyclic) bond motifs is 5. The van der Waals surface area contributed by atoms with Crippen molar-refractivity contribution in [3.63, 3.8) is 0 Å². The maximum atomic E-state index is 13.1. The molecule has 1 amide bonds. The first-order valence-electron chi connectivity index (χ1n) is 10.0. The van der Waals surface area contributed by atoms with Gasteiger partial charge in [0, 0.05) is 23.5 Å². The summed E-state index contributed by atoms with van der Waals surface area (Å²) >= 11 is 0. The molecule has 0 fully saturated rings. The van der Waals surface area contributed by atoms with Gasteiger partial charge in [-0.1, -0.05) is 36.4 Å². The molecule has 0 aliphatic rings. The number of hydrogen-bond acceptors (Lipinski definition) is 4. The number of benzene rings is 2. The molecule has 0 spiro atoms. The molecule has 5 aromatic rings. The average molecular weight is 411 g/mol. The van der Waals surface area contributed by atoms with E-state index in [-0.39, 0.29) is 0 Å². The molecule has 3 heterocycles. The van der Waals surface area contributed by atoms with Crippen LogP contribution in [0.15, 0.2) is 48.5 Å². The number of Topliss-reactive ketones (excluding diaryl/α,β-unsaturated/α-hetero) is 1. The normalized spacial score (nSPS) is 11.5. The Bertz CT molecular complexity index is 1540. The molecule has 0 aliphatic carbocycles. The number of nitrogens with zero attached hydrogens (tertiary/aromatic N) is 4. The fourth-order valence-electron chi connectivity index (χ4n) is 4.34. The van der Waals surface area contributed by atoms with E-state index in [0.29, 0.717) is 22.6 Å². The van der Waals surface area contributed by atoms with E-state index in [1.54, 1.807) is 25.6 Å². The van der Waals surface area contributed by atoms with Crippen molar-refractivity contribution in [2.45, 2.75) is 20.8 Å². The summed E-state index contributed by atoms with van der Waals surface area (Å²) in [6.45, 7) is 5.45. The van der Waals surface area contributed by atoms with Crippen LogP contribution < -0.4 is 5.32 Å². The van der Waals surface area contributed by atoms with E-state index in [9.17, 15) is 9.59 Å². The van der Waals surface area contributed by atoms with E-state index in [1.165, 1.54) is 0 Å². The largest absolute Gasteiger partial charge is 0.317 e. The van der Waals surface area contributed by atoms with E-state index >= 15 is 0 Å². The molecule has 7 heteroatoms. The number of amides is 1. The lowest BCUT2D eigenvalue weighted by molar-refractivity contribution is -0.112. The molecule has 2 aromatic carbocycles. The molecular formula is C24H21N5O2. The maximum Gasteiger partial charge on any atom is 0.296 e. The predicted octanol–water partition coefficient (Wildman–Crippen LogP) is 4.12. The van der Waals surface area contributed by atoms with Gasteiger partial charge in [0.05, 0.1) is 33.5 Å². The second kappa shape index (κ2) is 6.77. The third kappa shape index (κ3) is 2.73. The smallest absolute Gasteiger partial charge is 0.296 e. The first-order chi connectivity index (χ1) is 14.9. The first-order valence-corrected chi connectivity index (χ1v) is 10.0. The van der Waals surface area contributed by atoms with Crippen LogP contribution in [0, 0.1) is 20.8 Å². The Morgan fingerprint density at radius 1 is 0.935 bits per heavy atom. The zero-order chi connectivity index (χ0) is 21.9. The highest BCUT2D eigenvalue weighted by Gasteiger charge is 2.26. The lowest BCUT2D eigenvalue weighted by atomic mass is 10.1. The summed E-state index contributed by atoms with van der Waals surface area (Å²) in [4.78, 5) is 30.9. The number of ketones is 1. The Kier molecular flexibility index (Phi) is 4.15. The van der Waals surface area contributed by atoms with Crippen LogP contribution in [0.2, 0.25) is 0 Å². The number of carbonyl (C=O) groups excluding carboxylic acids is 2. The minimum Gasteiger partial charge on any atom is -0.317 e. The van der Waals surface area contributed by atoms with E-state index in [4.69, 9.17) is 4.98 Å². The molecule has 1 N–H and O–H groups in total. The molecule has 0 bridgehead atoms. The summed E-state index contributed by atoms with van der Waals surface area (Å²) in [5.74, 6) is -0.478. The fraction of sp³-hybridized carbons (Fsp3) is 0.167. The summed E-state index contributed by atoms with van der Waals surface area (Å²) in [6, 6.07) is 15.6. The second-order valence-electron chi connectivity index (χ2n) is 7.71. The number of carbonyl (C=O) groups is 2. The van der Waals surface area contributed by atoms with Crippen LogP contribution in [-0.2, 0) is 11.8 Å². The van der Waals surface area contributed by atoms with Gasteiger partial charge in [-0.25, -0.2) is 4.98 Å². The van der Waals surface area contributed by atoms with Crippen molar-refractivity contribution in [2.75, 3.05) is 5.32 Å². The van der Waals surface area contributed by atoms with Gasteiger partial charge < -0.3 is 5.32 Å². The Hall–Kier alpha value is -4.00. The van der Waals surface area contributed by atoms with Crippen LogP contribution in [0.25, 0.3) is 27.3 Å². The zero-order valence-electron chi connectivity index (χ0n) is 17.7. The van der Waals surface area contributed by atoms with Gasteiger partial charge in [0.15, 0.2) is 0 Å². The van der Waals surface area contributed by atoms with E-state index in [1.807, 2.05) is 59.9 Å². The molecule has 3 aromatic heterocycles. The number of aryl methyl sites for hydroxylation is 3. The Morgan fingerprint density at radius 2 is 1.61 bits per heavy atom. The van der Waals surface area contributed by atoms with Crippen LogP contribution in [0.4, 0.5) is 5.69 Å². The number of aromatic nitrogens is 4. The monoisotopic (exact) mass is 411 g/mol. The van der Waals surface area contributed by atoms with Gasteiger partial charge in [0.25, 0.3) is 11.7 Å². The van der Waals surface area contributed by atoms with Gasteiger partial charge in [-0.2, -0.15) is 5.10 Å². The van der Waals surface area contributed by atoms with Crippen molar-refractivity contribution in [3.8, 4) is 0 Å². The lowest BCUT2D eigenvalue weighted by Gasteiger charge is -2.09. The topological polar surface area (TPSA) is 81.3 Å². The van der Waals surface area contributed by atoms with Gasteiger partial charge in [0.1, 0.15) is 5.82 Å². The number of para-hydroxylation sites is 2. The minimum absolute atomic E-state index is 0.343. The Morgan fingerprint density at radius 3 is 2.32 bits per heavy atom. The van der Waals surface area contributed by atoms with Crippen LogP contribution in [0.1, 0.15) is 27.6 Å². The maximum absolute atomic E-state index is 13.1. The minimum atomic E-state index is -0.684. The van der Waals surface area contributed by atoms with Crippen molar-refractivity contribution in [1.82, 2.24) is 19.2 Å². The molecule has 31 heavy (non-hydrogen) atoms. The average Bonchev–Trinajstić information content (AvgIpc) is 3.21. The molecule has 0 saturated heterocycles. The van der Waals surface area contributed by atoms with Crippen LogP contribution in [-0.4, -0.2) is 30.9 Å². The highest BCUT2D eigenvalue weighted by molar-refractivity contribution is 6.48. The third-order valence-corrected chi connectivity index (χ3v) is 5.82. The summed E-state index contributed by atoms with van der Waals surface area (Å²) < 4.78 is 3.64. The molecular weight excluding hydrogens is 390 g/mol. The molecule has 154 valence electrons. The van der Waals surface area contributed by atoms with Crippen LogP contribution in [0.3, 0.4) is 0 Å².